The summed E-state index contributed by atoms with van der Waals surface area (Å²) in [4.78, 5) is 13.3. The number of nitrogens with zero attached hydrogens (tertiary/aromatic N) is 7. The fraction of sp³-hybridized carbons (Fsp3) is 0.182. The van der Waals surface area contributed by atoms with Gasteiger partial charge in [-0.25, -0.2) is 4.98 Å². The van der Waals surface area contributed by atoms with Crippen LogP contribution in [0, 0.1) is 0 Å². The third-order valence-electron chi connectivity index (χ3n) is 7.04. The maximum Gasteiger partial charge on any atom is 0.294 e. The predicted octanol–water partition coefficient (Wildman–Crippen LogP) is 6.45. The molecule has 0 radical (unpaired) electrons. The van der Waals surface area contributed by atoms with Crippen LogP contribution < -0.4 is 14.8 Å². The van der Waals surface area contributed by atoms with Crippen LogP contribution in [0.1, 0.15) is 22.8 Å². The van der Waals surface area contributed by atoms with Crippen LogP contribution in [0.5, 0.6) is 11.5 Å². The van der Waals surface area contributed by atoms with E-state index in [1.165, 1.54) is 38.5 Å². The largest absolute Gasteiger partial charge is 0.496 e. The second-order valence-electron chi connectivity index (χ2n) is 10.8. The third-order valence-corrected chi connectivity index (χ3v) is 8.61. The van der Waals surface area contributed by atoms with Crippen LogP contribution in [-0.4, -0.2) is 67.4 Å². The number of benzene rings is 4. The van der Waals surface area contributed by atoms with Gasteiger partial charge in [0.25, 0.3) is 20.2 Å². The van der Waals surface area contributed by atoms with Crippen molar-refractivity contribution in [2.24, 2.45) is 20.5 Å². The highest BCUT2D eigenvalue weighted by atomic mass is 32.2. The Bertz CT molecular complexity index is 2290. The van der Waals surface area contributed by atoms with Gasteiger partial charge in [-0.1, -0.05) is 36.4 Å². The van der Waals surface area contributed by atoms with Crippen molar-refractivity contribution in [2.45, 2.75) is 17.7 Å². The van der Waals surface area contributed by atoms with Gasteiger partial charge >= 0.3 is 0 Å². The first-order valence-electron chi connectivity index (χ1n) is 15.1. The van der Waals surface area contributed by atoms with Crippen LogP contribution in [0.2, 0.25) is 0 Å². The zero-order valence-electron chi connectivity index (χ0n) is 27.3. The van der Waals surface area contributed by atoms with E-state index < -0.39 is 26.0 Å². The van der Waals surface area contributed by atoms with Gasteiger partial charge in [-0.05, 0) is 42.5 Å². The topological polar surface area (TPSA) is 227 Å². The normalized spacial score (nSPS) is 12.0. The molecule has 16 nitrogen and oxygen atoms in total. The van der Waals surface area contributed by atoms with Crippen molar-refractivity contribution in [1.82, 2.24) is 15.0 Å². The first kappa shape index (κ1) is 36.6. The van der Waals surface area contributed by atoms with Crippen molar-refractivity contribution < 1.29 is 35.4 Å². The van der Waals surface area contributed by atoms with E-state index in [-0.39, 0.29) is 35.9 Å². The molecule has 0 aliphatic heterocycles. The number of rotatable bonds is 15. The molecule has 0 unspecified atom stereocenters. The van der Waals surface area contributed by atoms with E-state index >= 15 is 0 Å². The minimum atomic E-state index is -4.40. The molecule has 5 rings (SSSR count). The molecule has 51 heavy (non-hydrogen) atoms. The van der Waals surface area contributed by atoms with E-state index in [2.05, 4.69) is 40.7 Å². The molecular formula is C33H32N8O8S2. The summed E-state index contributed by atoms with van der Waals surface area (Å²) in [5.74, 6) is 1.18. The van der Waals surface area contributed by atoms with Crippen molar-refractivity contribution in [2.75, 3.05) is 31.8 Å². The number of aromatic nitrogens is 3. The maximum absolute atomic E-state index is 11.5. The van der Waals surface area contributed by atoms with Gasteiger partial charge in [-0.15, -0.1) is 0 Å². The molecule has 0 aliphatic carbocycles. The van der Waals surface area contributed by atoms with Crippen molar-refractivity contribution in [3.8, 4) is 11.5 Å². The fourth-order valence-corrected chi connectivity index (χ4v) is 5.53. The lowest BCUT2D eigenvalue weighted by atomic mass is 10.1. The Morgan fingerprint density at radius 2 is 1.14 bits per heavy atom. The molecule has 0 saturated carbocycles. The molecule has 5 aromatic rings. The van der Waals surface area contributed by atoms with E-state index in [0.717, 1.165) is 5.56 Å². The summed E-state index contributed by atoms with van der Waals surface area (Å²) in [7, 11) is -5.62. The molecule has 1 heterocycles. The highest BCUT2D eigenvalue weighted by molar-refractivity contribution is 7.86. The summed E-state index contributed by atoms with van der Waals surface area (Å²) in [5, 5.41) is 19.6. The average molecular weight is 733 g/mol. The van der Waals surface area contributed by atoms with E-state index in [1.54, 1.807) is 30.3 Å². The molecule has 3 N–H and O–H groups in total. The molecule has 0 fully saturated rings. The lowest BCUT2D eigenvalue weighted by Gasteiger charge is -2.12. The Labute approximate surface area is 293 Å². The van der Waals surface area contributed by atoms with Gasteiger partial charge in [0.1, 0.15) is 23.1 Å². The van der Waals surface area contributed by atoms with Crippen molar-refractivity contribution in [1.29, 1.82) is 0 Å². The molecule has 0 aliphatic rings. The zero-order valence-corrected chi connectivity index (χ0v) is 28.9. The molecule has 0 spiro atoms. The number of hydrogen-bond donors (Lipinski definition) is 3. The lowest BCUT2D eigenvalue weighted by Crippen LogP contribution is -2.17. The minimum absolute atomic E-state index is 0.0995. The Hall–Kier alpha value is -5.69. The summed E-state index contributed by atoms with van der Waals surface area (Å²) in [5.41, 5.74) is 3.30. The van der Waals surface area contributed by atoms with Crippen LogP contribution in [0.25, 0.3) is 0 Å². The van der Waals surface area contributed by atoms with Crippen LogP contribution in [-0.2, 0) is 33.1 Å². The molecule has 0 bridgehead atoms. The summed E-state index contributed by atoms with van der Waals surface area (Å²) < 4.78 is 75.3. The molecule has 4 aromatic carbocycles. The number of ether oxygens (including phenoxy) is 2. The number of azo groups is 2. The smallest absolute Gasteiger partial charge is 0.294 e. The summed E-state index contributed by atoms with van der Waals surface area (Å²) >= 11 is 0. The van der Waals surface area contributed by atoms with Crippen molar-refractivity contribution in [3.63, 3.8) is 0 Å². The second kappa shape index (κ2) is 16.3. The first-order valence-corrected chi connectivity index (χ1v) is 18.2. The molecule has 264 valence electrons. The zero-order chi connectivity index (χ0) is 36.4. The van der Waals surface area contributed by atoms with Gasteiger partial charge in [0.05, 0.1) is 47.6 Å². The molecule has 1 aromatic heterocycles. The van der Waals surface area contributed by atoms with Gasteiger partial charge in [0.15, 0.2) is 0 Å². The second-order valence-corrected chi connectivity index (χ2v) is 13.8. The van der Waals surface area contributed by atoms with E-state index in [9.17, 15) is 25.9 Å². The molecule has 0 amide bonds. The van der Waals surface area contributed by atoms with Crippen molar-refractivity contribution >= 4 is 48.9 Å². The number of nitrogens with one attached hydrogen (secondary N) is 1. The Morgan fingerprint density at radius 1 is 0.627 bits per heavy atom. The summed E-state index contributed by atoms with van der Waals surface area (Å²) in [6.45, 7) is -0.150. The number of anilines is 1. The predicted molar refractivity (Wildman–Crippen MR) is 187 cm³/mol. The van der Waals surface area contributed by atoms with Gasteiger partial charge in [0.2, 0.25) is 5.95 Å². The molecule has 18 heteroatoms. The van der Waals surface area contributed by atoms with Gasteiger partial charge in [-0.3, -0.25) is 9.11 Å². The van der Waals surface area contributed by atoms with E-state index in [0.29, 0.717) is 45.8 Å². The van der Waals surface area contributed by atoms with Gasteiger partial charge in [0, 0.05) is 42.6 Å². The van der Waals surface area contributed by atoms with Crippen LogP contribution >= 0.6 is 0 Å². The average Bonchev–Trinajstić information content (AvgIpc) is 3.10. The van der Waals surface area contributed by atoms with E-state index in [4.69, 9.17) is 9.47 Å². The fourth-order valence-electron chi connectivity index (χ4n) is 4.65. The van der Waals surface area contributed by atoms with Gasteiger partial charge < -0.3 is 14.8 Å². The number of methoxy groups -OCH3 is 2. The van der Waals surface area contributed by atoms with E-state index in [1.807, 2.05) is 36.4 Å². The Kier molecular flexibility index (Phi) is 11.7. The highest BCUT2D eigenvalue weighted by Gasteiger charge is 2.15. The van der Waals surface area contributed by atoms with Crippen LogP contribution in [0.3, 0.4) is 0 Å². The monoisotopic (exact) mass is 732 g/mol. The molecular weight excluding hydrogens is 701 g/mol. The Morgan fingerprint density at radius 3 is 1.65 bits per heavy atom. The highest BCUT2D eigenvalue weighted by Crippen LogP contribution is 2.30. The van der Waals surface area contributed by atoms with Crippen molar-refractivity contribution in [3.05, 3.63) is 114 Å². The third kappa shape index (κ3) is 10.9. The summed E-state index contributed by atoms with van der Waals surface area (Å²) in [6, 6.07) is 25.1. The molecule has 0 atom stereocenters. The SMILES string of the molecule is COc1cc(N=Nc2ccccc2)ccc1Cc1nc(Cc2ccc(N=Nc3cccc(S(=O)(=O)O)c3)cc2OC)nc(NCCS(=O)(=O)O)n1. The lowest BCUT2D eigenvalue weighted by molar-refractivity contribution is 0.410. The quantitative estimate of drug-likeness (QED) is 0.0780. The maximum atomic E-state index is 11.5. The first-order chi connectivity index (χ1) is 24.4. The Balaban J connectivity index is 1.40. The molecule has 0 saturated heterocycles. The van der Waals surface area contributed by atoms with Crippen LogP contribution in [0.4, 0.5) is 28.7 Å². The van der Waals surface area contributed by atoms with Gasteiger partial charge in [-0.2, -0.15) is 47.3 Å². The van der Waals surface area contributed by atoms with Crippen LogP contribution in [0.15, 0.2) is 116 Å². The summed E-state index contributed by atoms with van der Waals surface area (Å²) in [6.07, 6.45) is 0.395. The minimum Gasteiger partial charge on any atom is -0.496 e. The number of hydrogen-bond acceptors (Lipinski definition) is 14. The standard InChI is InChI=1S/C33H32N8O8S2/c1-48-29-20-26(40-38-24-7-4-3-5-8-24)13-11-22(29)17-31-35-32(37-33(36-31)34-15-16-50(42,43)44)18-23-12-14-27(21-30(23)49-2)41-39-25-9-6-10-28(19-25)51(45,46)47/h3-14,19-21H,15-18H2,1-2H3,(H,42,43,44)(H,45,46,47)(H,34,35,36,37).